The van der Waals surface area contributed by atoms with Gasteiger partial charge in [0.05, 0.1) is 6.42 Å². The van der Waals surface area contributed by atoms with Gasteiger partial charge in [0.15, 0.2) is 0 Å². The summed E-state index contributed by atoms with van der Waals surface area (Å²) in [6.07, 6.45) is 2.82. The molecule has 0 heterocycles. The first-order chi connectivity index (χ1) is 7.26. The number of ether oxygens (including phenoxy) is 1. The first-order valence-corrected chi connectivity index (χ1v) is 6.18. The van der Waals surface area contributed by atoms with Crippen molar-refractivity contribution in [2.75, 3.05) is 13.6 Å². The molecular formula is C13H27NO2. The normalized spacial score (nSPS) is 13.9. The van der Waals surface area contributed by atoms with Crippen LogP contribution in [0, 0.1) is 0 Å². The van der Waals surface area contributed by atoms with Crippen LogP contribution in [-0.2, 0) is 9.53 Å². The molecule has 0 aromatic heterocycles. The Balaban J connectivity index is 3.83. The predicted molar refractivity (Wildman–Crippen MR) is 67.5 cm³/mol. The van der Waals surface area contributed by atoms with Crippen molar-refractivity contribution in [3.8, 4) is 0 Å². The fourth-order valence-electron chi connectivity index (χ4n) is 1.52. The van der Waals surface area contributed by atoms with Crippen molar-refractivity contribution < 1.29 is 9.53 Å². The Morgan fingerprint density at radius 3 is 2.38 bits per heavy atom. The summed E-state index contributed by atoms with van der Waals surface area (Å²) in [7, 11) is 2.06. The van der Waals surface area contributed by atoms with Gasteiger partial charge in [0.25, 0.3) is 0 Å². The second-order valence-corrected chi connectivity index (χ2v) is 5.45. The minimum atomic E-state index is -0.370. The quantitative estimate of drug-likeness (QED) is 0.656. The molecule has 0 saturated heterocycles. The molecule has 0 spiro atoms. The van der Waals surface area contributed by atoms with Crippen LogP contribution in [-0.4, -0.2) is 36.1 Å². The Kier molecular flexibility index (Phi) is 6.65. The zero-order valence-electron chi connectivity index (χ0n) is 11.7. The second-order valence-electron chi connectivity index (χ2n) is 5.45. The molecule has 0 bridgehead atoms. The van der Waals surface area contributed by atoms with E-state index in [1.807, 2.05) is 20.8 Å². The molecule has 0 rings (SSSR count). The third-order valence-electron chi connectivity index (χ3n) is 2.55. The molecule has 3 nitrogen and oxygen atoms in total. The Morgan fingerprint density at radius 1 is 1.38 bits per heavy atom. The molecule has 0 aromatic rings. The summed E-state index contributed by atoms with van der Waals surface area (Å²) in [5.41, 5.74) is -0.370. The lowest BCUT2D eigenvalue weighted by Crippen LogP contribution is -2.32. The van der Waals surface area contributed by atoms with Gasteiger partial charge in [-0.15, -0.1) is 0 Å². The van der Waals surface area contributed by atoms with Gasteiger partial charge < -0.3 is 9.64 Å². The van der Waals surface area contributed by atoms with Gasteiger partial charge in [-0.25, -0.2) is 0 Å². The highest BCUT2D eigenvalue weighted by atomic mass is 16.6. The average molecular weight is 229 g/mol. The molecule has 0 N–H and O–H groups in total. The minimum absolute atomic E-state index is 0.108. The highest BCUT2D eigenvalue weighted by Crippen LogP contribution is 2.09. The van der Waals surface area contributed by atoms with E-state index in [2.05, 4.69) is 25.8 Å². The van der Waals surface area contributed by atoms with Crippen LogP contribution >= 0.6 is 0 Å². The maximum absolute atomic E-state index is 11.5. The molecule has 3 heteroatoms. The summed E-state index contributed by atoms with van der Waals surface area (Å²) in [5.74, 6) is -0.108. The van der Waals surface area contributed by atoms with E-state index in [0.29, 0.717) is 12.5 Å². The Labute approximate surface area is 100 Å². The van der Waals surface area contributed by atoms with Gasteiger partial charge in [-0.3, -0.25) is 4.79 Å². The number of hydrogen-bond acceptors (Lipinski definition) is 3. The maximum atomic E-state index is 11.5. The van der Waals surface area contributed by atoms with Crippen LogP contribution in [0.5, 0.6) is 0 Å². The van der Waals surface area contributed by atoms with Crippen LogP contribution in [0.4, 0.5) is 0 Å². The third kappa shape index (κ3) is 7.69. The van der Waals surface area contributed by atoms with Crippen LogP contribution in [0.2, 0.25) is 0 Å². The summed E-state index contributed by atoms with van der Waals surface area (Å²) in [5, 5.41) is 0. The molecule has 0 aromatic carbocycles. The minimum Gasteiger partial charge on any atom is -0.460 e. The van der Waals surface area contributed by atoms with Gasteiger partial charge in [-0.05, 0) is 41.2 Å². The lowest BCUT2D eigenvalue weighted by molar-refractivity contribution is -0.155. The zero-order valence-corrected chi connectivity index (χ0v) is 11.7. The highest BCUT2D eigenvalue weighted by Gasteiger charge is 2.17. The van der Waals surface area contributed by atoms with Crippen molar-refractivity contribution in [3.05, 3.63) is 0 Å². The van der Waals surface area contributed by atoms with E-state index in [-0.39, 0.29) is 11.6 Å². The first kappa shape index (κ1) is 15.4. The number of hydrogen-bond donors (Lipinski definition) is 0. The van der Waals surface area contributed by atoms with Crippen molar-refractivity contribution in [2.24, 2.45) is 0 Å². The number of carbonyl (C=O) groups excluding carboxylic acids is 1. The van der Waals surface area contributed by atoms with Crippen LogP contribution in [0.3, 0.4) is 0 Å². The number of carbonyl (C=O) groups is 1. The van der Waals surface area contributed by atoms with E-state index in [1.54, 1.807) is 0 Å². The molecule has 1 atom stereocenters. The summed E-state index contributed by atoms with van der Waals surface area (Å²) >= 11 is 0. The van der Waals surface area contributed by atoms with Gasteiger partial charge >= 0.3 is 5.97 Å². The molecular weight excluding hydrogens is 202 g/mol. The monoisotopic (exact) mass is 229 g/mol. The Hall–Kier alpha value is -0.570. The second kappa shape index (κ2) is 6.89. The van der Waals surface area contributed by atoms with Crippen molar-refractivity contribution in [2.45, 2.75) is 65.5 Å². The van der Waals surface area contributed by atoms with E-state index in [0.717, 1.165) is 6.54 Å². The van der Waals surface area contributed by atoms with Crippen LogP contribution in [0.1, 0.15) is 53.9 Å². The largest absolute Gasteiger partial charge is 0.460 e. The van der Waals surface area contributed by atoms with Crippen molar-refractivity contribution in [1.82, 2.24) is 4.90 Å². The standard InChI is InChI=1S/C13H27NO2/c1-7-8-11(2)14(6)10-9-12(15)16-13(3,4)5/h11H,7-10H2,1-6H3. The summed E-state index contributed by atoms with van der Waals surface area (Å²) in [6.45, 7) is 10.8. The van der Waals surface area contributed by atoms with Crippen LogP contribution in [0.25, 0.3) is 0 Å². The first-order valence-electron chi connectivity index (χ1n) is 6.18. The zero-order chi connectivity index (χ0) is 12.8. The molecule has 1 unspecified atom stereocenters. The maximum Gasteiger partial charge on any atom is 0.307 e. The summed E-state index contributed by atoms with van der Waals surface area (Å²) in [4.78, 5) is 13.7. The van der Waals surface area contributed by atoms with E-state index in [1.165, 1.54) is 12.8 Å². The van der Waals surface area contributed by atoms with E-state index in [9.17, 15) is 4.79 Å². The van der Waals surface area contributed by atoms with Gasteiger partial charge in [-0.2, -0.15) is 0 Å². The summed E-state index contributed by atoms with van der Waals surface area (Å²) < 4.78 is 5.26. The molecule has 0 fully saturated rings. The number of rotatable bonds is 6. The lowest BCUT2D eigenvalue weighted by Gasteiger charge is -2.25. The van der Waals surface area contributed by atoms with E-state index >= 15 is 0 Å². The molecule has 0 aliphatic carbocycles. The third-order valence-corrected chi connectivity index (χ3v) is 2.55. The van der Waals surface area contributed by atoms with Gasteiger partial charge in [-0.1, -0.05) is 13.3 Å². The molecule has 0 aliphatic heterocycles. The molecule has 96 valence electrons. The van der Waals surface area contributed by atoms with Crippen molar-refractivity contribution in [3.63, 3.8) is 0 Å². The summed E-state index contributed by atoms with van der Waals surface area (Å²) in [6, 6.07) is 0.535. The van der Waals surface area contributed by atoms with E-state index < -0.39 is 0 Å². The number of esters is 1. The molecule has 0 amide bonds. The molecule has 0 saturated carbocycles. The van der Waals surface area contributed by atoms with Gasteiger partial charge in [0.1, 0.15) is 5.60 Å². The van der Waals surface area contributed by atoms with Crippen molar-refractivity contribution in [1.29, 1.82) is 0 Å². The average Bonchev–Trinajstić information content (AvgIpc) is 2.11. The molecule has 16 heavy (non-hydrogen) atoms. The Morgan fingerprint density at radius 2 is 1.94 bits per heavy atom. The predicted octanol–water partition coefficient (Wildman–Crippen LogP) is 2.84. The Bertz CT molecular complexity index is 208. The fourth-order valence-corrected chi connectivity index (χ4v) is 1.52. The van der Waals surface area contributed by atoms with Gasteiger partial charge in [0.2, 0.25) is 0 Å². The van der Waals surface area contributed by atoms with Gasteiger partial charge in [0, 0.05) is 12.6 Å². The number of nitrogens with zero attached hydrogens (tertiary/aromatic N) is 1. The van der Waals surface area contributed by atoms with Crippen LogP contribution in [0.15, 0.2) is 0 Å². The van der Waals surface area contributed by atoms with Crippen molar-refractivity contribution >= 4 is 5.97 Å². The topological polar surface area (TPSA) is 29.5 Å². The molecule has 0 aliphatic rings. The van der Waals surface area contributed by atoms with Crippen LogP contribution < -0.4 is 0 Å². The van der Waals surface area contributed by atoms with E-state index in [4.69, 9.17) is 4.74 Å². The fraction of sp³-hybridized carbons (Fsp3) is 0.923. The smallest absolute Gasteiger partial charge is 0.307 e. The SMILES string of the molecule is CCCC(C)N(C)CCC(=O)OC(C)(C)C. The highest BCUT2D eigenvalue weighted by molar-refractivity contribution is 5.70. The lowest BCUT2D eigenvalue weighted by atomic mass is 10.1. The molecule has 0 radical (unpaired) electrons.